The van der Waals surface area contributed by atoms with Gasteiger partial charge in [-0.1, -0.05) is 0 Å². The monoisotopic (exact) mass is 335 g/mol. The minimum absolute atomic E-state index is 0.0140. The number of aromatic carboxylic acids is 1. The van der Waals surface area contributed by atoms with Gasteiger partial charge in [0.15, 0.2) is 0 Å². The number of hydrogen-bond acceptors (Lipinski definition) is 4. The van der Waals surface area contributed by atoms with E-state index in [4.69, 9.17) is 5.11 Å². The van der Waals surface area contributed by atoms with E-state index in [2.05, 4.69) is 21.2 Å². The molecule has 0 aliphatic rings. The molecule has 0 saturated heterocycles. The zero-order valence-corrected chi connectivity index (χ0v) is 12.4. The Morgan fingerprint density at radius 1 is 1.50 bits per heavy atom. The van der Waals surface area contributed by atoms with E-state index >= 15 is 0 Å². The number of rotatable bonds is 5. The average molecular weight is 336 g/mol. The van der Waals surface area contributed by atoms with Crippen LogP contribution in [0.5, 0.6) is 0 Å². The Morgan fingerprint density at radius 2 is 2.11 bits per heavy atom. The smallest absolute Gasteiger partial charge is 0.335 e. The maximum absolute atomic E-state index is 11.1. The standard InChI is InChI=1S/C11H14BrNO4S/c1-7(6-18(2,16)17)13-10-4-3-8(11(14)15)5-9(10)12/h3-5,7,13H,6H2,1-2H3,(H,14,15). The molecule has 0 aliphatic heterocycles. The van der Waals surface area contributed by atoms with Crippen LogP contribution in [-0.4, -0.2) is 37.5 Å². The van der Waals surface area contributed by atoms with Crippen molar-refractivity contribution in [2.45, 2.75) is 13.0 Å². The van der Waals surface area contributed by atoms with Gasteiger partial charge in [-0.25, -0.2) is 13.2 Å². The molecule has 0 radical (unpaired) electrons. The summed E-state index contributed by atoms with van der Waals surface area (Å²) in [5.74, 6) is -0.994. The van der Waals surface area contributed by atoms with Crippen LogP contribution in [0.2, 0.25) is 0 Å². The van der Waals surface area contributed by atoms with Crippen molar-refractivity contribution in [1.82, 2.24) is 0 Å². The van der Waals surface area contributed by atoms with Crippen LogP contribution in [-0.2, 0) is 9.84 Å². The van der Waals surface area contributed by atoms with Gasteiger partial charge in [-0.3, -0.25) is 0 Å². The molecule has 1 unspecified atom stereocenters. The van der Waals surface area contributed by atoms with Gasteiger partial charge in [-0.15, -0.1) is 0 Å². The highest BCUT2D eigenvalue weighted by molar-refractivity contribution is 9.10. The number of carboxylic acids is 1. The van der Waals surface area contributed by atoms with Gasteiger partial charge < -0.3 is 10.4 Å². The SMILES string of the molecule is CC(CS(C)(=O)=O)Nc1ccc(C(=O)O)cc1Br. The maximum Gasteiger partial charge on any atom is 0.335 e. The zero-order valence-electron chi connectivity index (χ0n) is 9.97. The van der Waals surface area contributed by atoms with Crippen LogP contribution in [0.4, 0.5) is 5.69 Å². The van der Waals surface area contributed by atoms with Crippen LogP contribution in [0.15, 0.2) is 22.7 Å². The predicted molar refractivity (Wildman–Crippen MR) is 73.9 cm³/mol. The van der Waals surface area contributed by atoms with E-state index in [-0.39, 0.29) is 17.4 Å². The van der Waals surface area contributed by atoms with E-state index in [1.807, 2.05) is 0 Å². The highest BCUT2D eigenvalue weighted by Crippen LogP contribution is 2.24. The quantitative estimate of drug-likeness (QED) is 0.859. The van der Waals surface area contributed by atoms with Gasteiger partial charge in [-0.2, -0.15) is 0 Å². The molecule has 0 bridgehead atoms. The van der Waals surface area contributed by atoms with Crippen molar-refractivity contribution in [3.8, 4) is 0 Å². The third-order valence-corrected chi connectivity index (χ3v) is 3.93. The molecule has 2 N–H and O–H groups in total. The summed E-state index contributed by atoms with van der Waals surface area (Å²) < 4.78 is 22.8. The number of benzene rings is 1. The predicted octanol–water partition coefficient (Wildman–Crippen LogP) is 1.99. The highest BCUT2D eigenvalue weighted by Gasteiger charge is 2.12. The Bertz CT molecular complexity index is 556. The highest BCUT2D eigenvalue weighted by atomic mass is 79.9. The molecular weight excluding hydrogens is 322 g/mol. The van der Waals surface area contributed by atoms with Crippen LogP contribution < -0.4 is 5.32 Å². The lowest BCUT2D eigenvalue weighted by Crippen LogP contribution is -2.25. The molecule has 0 spiro atoms. The summed E-state index contributed by atoms with van der Waals surface area (Å²) in [5, 5.41) is 11.8. The van der Waals surface area contributed by atoms with Crippen molar-refractivity contribution in [3.63, 3.8) is 0 Å². The summed E-state index contributed by atoms with van der Waals surface area (Å²) in [4.78, 5) is 10.8. The Morgan fingerprint density at radius 3 is 2.56 bits per heavy atom. The lowest BCUT2D eigenvalue weighted by atomic mass is 10.2. The summed E-state index contributed by atoms with van der Waals surface area (Å²) >= 11 is 3.25. The third-order valence-electron chi connectivity index (χ3n) is 2.17. The molecule has 1 aromatic carbocycles. The largest absolute Gasteiger partial charge is 0.478 e. The fraction of sp³-hybridized carbons (Fsp3) is 0.364. The Labute approximate surface area is 114 Å². The first-order valence-corrected chi connectivity index (χ1v) is 8.01. The van der Waals surface area contributed by atoms with Gasteiger partial charge in [0.25, 0.3) is 0 Å². The van der Waals surface area contributed by atoms with Crippen molar-refractivity contribution in [2.75, 3.05) is 17.3 Å². The van der Waals surface area contributed by atoms with Gasteiger partial charge >= 0.3 is 5.97 Å². The summed E-state index contributed by atoms with van der Waals surface area (Å²) in [6.07, 6.45) is 1.17. The molecule has 18 heavy (non-hydrogen) atoms. The molecule has 0 saturated carbocycles. The van der Waals surface area contributed by atoms with E-state index in [9.17, 15) is 13.2 Å². The van der Waals surface area contributed by atoms with Crippen molar-refractivity contribution in [3.05, 3.63) is 28.2 Å². The summed E-state index contributed by atoms with van der Waals surface area (Å²) in [5.41, 5.74) is 0.833. The molecule has 1 aromatic rings. The van der Waals surface area contributed by atoms with Gasteiger partial charge in [0, 0.05) is 22.5 Å². The lowest BCUT2D eigenvalue weighted by Gasteiger charge is -2.15. The topological polar surface area (TPSA) is 83.5 Å². The first-order chi connectivity index (χ1) is 8.19. The summed E-state index contributed by atoms with van der Waals surface area (Å²) in [6.45, 7) is 1.75. The Hall–Kier alpha value is -1.08. The molecule has 1 rings (SSSR count). The number of halogens is 1. The van der Waals surface area contributed by atoms with Gasteiger partial charge in [0.2, 0.25) is 0 Å². The number of anilines is 1. The second-order valence-electron chi connectivity index (χ2n) is 4.14. The summed E-state index contributed by atoms with van der Waals surface area (Å²) in [7, 11) is -3.05. The Balaban J connectivity index is 2.83. The molecule has 100 valence electrons. The van der Waals surface area contributed by atoms with Crippen LogP contribution in [0.25, 0.3) is 0 Å². The van der Waals surface area contributed by atoms with E-state index in [0.717, 1.165) is 0 Å². The molecular formula is C11H14BrNO4S. The molecule has 0 amide bonds. The van der Waals surface area contributed by atoms with Crippen molar-refractivity contribution < 1.29 is 18.3 Å². The number of nitrogens with one attached hydrogen (secondary N) is 1. The van der Waals surface area contributed by atoms with Crippen LogP contribution >= 0.6 is 15.9 Å². The number of hydrogen-bond donors (Lipinski definition) is 2. The van der Waals surface area contributed by atoms with Crippen molar-refractivity contribution in [1.29, 1.82) is 0 Å². The second-order valence-corrected chi connectivity index (χ2v) is 7.18. The van der Waals surface area contributed by atoms with E-state index in [1.54, 1.807) is 13.0 Å². The number of carbonyl (C=O) groups is 1. The number of sulfone groups is 1. The summed E-state index contributed by atoms with van der Waals surface area (Å²) in [6, 6.07) is 4.28. The van der Waals surface area contributed by atoms with Crippen molar-refractivity contribution >= 4 is 37.4 Å². The van der Waals surface area contributed by atoms with Gasteiger partial charge in [0.1, 0.15) is 9.84 Å². The molecule has 0 heterocycles. The second kappa shape index (κ2) is 5.71. The molecule has 0 aromatic heterocycles. The van der Waals surface area contributed by atoms with Crippen molar-refractivity contribution in [2.24, 2.45) is 0 Å². The van der Waals surface area contributed by atoms with E-state index in [1.165, 1.54) is 18.4 Å². The molecule has 5 nitrogen and oxygen atoms in total. The van der Waals surface area contributed by atoms with Crippen LogP contribution in [0.1, 0.15) is 17.3 Å². The molecule has 7 heteroatoms. The maximum atomic E-state index is 11.1. The molecule has 0 aliphatic carbocycles. The van der Waals surface area contributed by atoms with Gasteiger partial charge in [0.05, 0.1) is 11.3 Å². The van der Waals surface area contributed by atoms with Crippen LogP contribution in [0.3, 0.4) is 0 Å². The van der Waals surface area contributed by atoms with Gasteiger partial charge in [-0.05, 0) is 41.1 Å². The van der Waals surface area contributed by atoms with E-state index < -0.39 is 15.8 Å². The van der Waals surface area contributed by atoms with E-state index in [0.29, 0.717) is 10.2 Å². The van der Waals surface area contributed by atoms with Crippen LogP contribution in [0, 0.1) is 0 Å². The fourth-order valence-corrected chi connectivity index (χ4v) is 3.01. The third kappa shape index (κ3) is 4.66. The minimum atomic E-state index is -3.05. The zero-order chi connectivity index (χ0) is 13.9. The fourth-order valence-electron chi connectivity index (χ4n) is 1.53. The molecule has 0 fully saturated rings. The first kappa shape index (κ1) is 15.0. The Kier molecular flexibility index (Phi) is 4.75. The first-order valence-electron chi connectivity index (χ1n) is 5.16. The minimum Gasteiger partial charge on any atom is -0.478 e. The normalized spacial score (nSPS) is 13.1. The lowest BCUT2D eigenvalue weighted by molar-refractivity contribution is 0.0697. The average Bonchev–Trinajstić information content (AvgIpc) is 2.17. The number of carboxylic acid groups (broad SMARTS) is 1. The molecule has 1 atom stereocenters.